The van der Waals surface area contributed by atoms with Crippen molar-refractivity contribution in [2.45, 2.75) is 0 Å². The van der Waals surface area contributed by atoms with Crippen LogP contribution in [0.15, 0.2) is 60.0 Å². The minimum absolute atomic E-state index is 0.0453. The molecule has 0 bridgehead atoms. The van der Waals surface area contributed by atoms with Gasteiger partial charge < -0.3 is 0 Å². The molecule has 4 heteroatoms. The first-order valence-corrected chi connectivity index (χ1v) is 5.22. The zero-order valence-corrected chi connectivity index (χ0v) is 8.95. The van der Waals surface area contributed by atoms with E-state index in [1.165, 1.54) is 0 Å². The summed E-state index contributed by atoms with van der Waals surface area (Å²) >= 11 is 0. The molecule has 4 nitrogen and oxygen atoms in total. The van der Waals surface area contributed by atoms with Crippen molar-refractivity contribution in [3.8, 4) is 5.69 Å². The third-order valence-corrected chi connectivity index (χ3v) is 2.65. The Morgan fingerprint density at radius 1 is 0.941 bits per heavy atom. The Hall–Kier alpha value is -2.49. The lowest BCUT2D eigenvalue weighted by atomic mass is 10.2. The van der Waals surface area contributed by atoms with Crippen LogP contribution in [-0.4, -0.2) is 14.5 Å². The van der Waals surface area contributed by atoms with Gasteiger partial charge in [0.1, 0.15) is 0 Å². The molecule has 17 heavy (non-hydrogen) atoms. The predicted octanol–water partition coefficient (Wildman–Crippen LogP) is 1.78. The molecule has 0 fully saturated rings. The summed E-state index contributed by atoms with van der Waals surface area (Å²) in [5.74, 6) is 0. The van der Waals surface area contributed by atoms with Gasteiger partial charge in [-0.2, -0.15) is 0 Å². The molecule has 0 spiro atoms. The van der Waals surface area contributed by atoms with Crippen LogP contribution in [0, 0.1) is 0 Å². The number of nitrogens with zero attached hydrogens (tertiary/aromatic N) is 3. The Labute approximate surface area is 97.2 Å². The molecule has 0 aliphatic rings. The van der Waals surface area contributed by atoms with Crippen LogP contribution < -0.4 is 5.56 Å². The van der Waals surface area contributed by atoms with Crippen LogP contribution in [0.3, 0.4) is 0 Å². The molecule has 0 aromatic carbocycles. The number of rotatable bonds is 1. The first kappa shape index (κ1) is 9.72. The standard InChI is InChI=1S/C13H9N3O/c17-13-12-3-7-15-9-10(12)4-8-16(13)11-1-5-14-6-2-11/h1-9H. The number of pyridine rings is 3. The lowest BCUT2D eigenvalue weighted by Crippen LogP contribution is -2.17. The fourth-order valence-electron chi connectivity index (χ4n) is 1.79. The third-order valence-electron chi connectivity index (χ3n) is 2.65. The highest BCUT2D eigenvalue weighted by atomic mass is 16.1. The normalized spacial score (nSPS) is 10.6. The maximum atomic E-state index is 12.2. The first-order chi connectivity index (χ1) is 8.36. The van der Waals surface area contributed by atoms with Crippen molar-refractivity contribution in [2.24, 2.45) is 0 Å². The van der Waals surface area contributed by atoms with E-state index in [0.29, 0.717) is 5.39 Å². The maximum Gasteiger partial charge on any atom is 0.263 e. The van der Waals surface area contributed by atoms with Gasteiger partial charge >= 0.3 is 0 Å². The Morgan fingerprint density at radius 2 is 1.71 bits per heavy atom. The van der Waals surface area contributed by atoms with Crippen LogP contribution >= 0.6 is 0 Å². The van der Waals surface area contributed by atoms with Crippen molar-refractivity contribution in [2.75, 3.05) is 0 Å². The minimum atomic E-state index is -0.0453. The molecule has 0 saturated carbocycles. The molecular formula is C13H9N3O. The third kappa shape index (κ3) is 1.59. The first-order valence-electron chi connectivity index (χ1n) is 5.22. The quantitative estimate of drug-likeness (QED) is 0.631. The topological polar surface area (TPSA) is 47.8 Å². The van der Waals surface area contributed by atoms with Gasteiger partial charge in [0.2, 0.25) is 0 Å². The highest BCUT2D eigenvalue weighted by molar-refractivity contribution is 5.80. The lowest BCUT2D eigenvalue weighted by Gasteiger charge is -2.06. The molecule has 3 rings (SSSR count). The van der Waals surface area contributed by atoms with Crippen LogP contribution in [0.2, 0.25) is 0 Å². The lowest BCUT2D eigenvalue weighted by molar-refractivity contribution is 1.00. The molecule has 0 radical (unpaired) electrons. The van der Waals surface area contributed by atoms with Crippen molar-refractivity contribution in [1.82, 2.24) is 14.5 Å². The van der Waals surface area contributed by atoms with E-state index in [9.17, 15) is 4.79 Å². The smallest absolute Gasteiger partial charge is 0.263 e. The molecule has 0 unspecified atom stereocenters. The fourth-order valence-corrected chi connectivity index (χ4v) is 1.79. The van der Waals surface area contributed by atoms with Gasteiger partial charge in [0.15, 0.2) is 0 Å². The van der Waals surface area contributed by atoms with Crippen molar-refractivity contribution < 1.29 is 0 Å². The van der Waals surface area contributed by atoms with E-state index in [4.69, 9.17) is 0 Å². The summed E-state index contributed by atoms with van der Waals surface area (Å²) < 4.78 is 1.60. The molecule has 0 aliphatic carbocycles. The molecular weight excluding hydrogens is 214 g/mol. The van der Waals surface area contributed by atoms with Gasteiger partial charge in [-0.25, -0.2) is 0 Å². The predicted molar refractivity (Wildman–Crippen MR) is 65.1 cm³/mol. The molecule has 3 heterocycles. The average molecular weight is 223 g/mol. The summed E-state index contributed by atoms with van der Waals surface area (Å²) in [6, 6.07) is 7.21. The van der Waals surface area contributed by atoms with Crippen LogP contribution in [0.1, 0.15) is 0 Å². The zero-order chi connectivity index (χ0) is 11.7. The molecule has 0 aliphatic heterocycles. The largest absolute Gasteiger partial charge is 0.284 e. The second-order valence-corrected chi connectivity index (χ2v) is 3.66. The van der Waals surface area contributed by atoms with Gasteiger partial charge in [-0.3, -0.25) is 19.3 Å². The molecule has 0 atom stereocenters. The number of hydrogen-bond acceptors (Lipinski definition) is 3. The van der Waals surface area contributed by atoms with Crippen LogP contribution in [0.5, 0.6) is 0 Å². The molecule has 3 aromatic rings. The highest BCUT2D eigenvalue weighted by Crippen LogP contribution is 2.09. The summed E-state index contributed by atoms with van der Waals surface area (Å²) in [4.78, 5) is 20.2. The van der Waals surface area contributed by atoms with E-state index in [0.717, 1.165) is 11.1 Å². The Balaban J connectivity index is 2.33. The number of hydrogen-bond donors (Lipinski definition) is 0. The van der Waals surface area contributed by atoms with Crippen LogP contribution in [0.25, 0.3) is 16.5 Å². The molecule has 0 saturated heterocycles. The molecule has 82 valence electrons. The molecule has 3 aromatic heterocycles. The van der Waals surface area contributed by atoms with E-state index in [1.54, 1.807) is 53.8 Å². The van der Waals surface area contributed by atoms with Gasteiger partial charge in [0.25, 0.3) is 5.56 Å². The van der Waals surface area contributed by atoms with Crippen LogP contribution in [-0.2, 0) is 0 Å². The van der Waals surface area contributed by atoms with E-state index in [1.807, 2.05) is 6.07 Å². The van der Waals surface area contributed by atoms with Crippen molar-refractivity contribution >= 4 is 10.8 Å². The maximum absolute atomic E-state index is 12.2. The average Bonchev–Trinajstić information content (AvgIpc) is 2.40. The van der Waals surface area contributed by atoms with E-state index < -0.39 is 0 Å². The van der Waals surface area contributed by atoms with Crippen molar-refractivity contribution in [3.63, 3.8) is 0 Å². The zero-order valence-electron chi connectivity index (χ0n) is 8.95. The SMILES string of the molecule is O=c1c2ccncc2ccn1-c1ccncc1. The Kier molecular flexibility index (Phi) is 2.19. The molecule has 0 amide bonds. The van der Waals surface area contributed by atoms with Gasteiger partial charge in [-0.15, -0.1) is 0 Å². The molecule has 0 N–H and O–H groups in total. The van der Waals surface area contributed by atoms with Gasteiger partial charge in [-0.05, 0) is 24.3 Å². The highest BCUT2D eigenvalue weighted by Gasteiger charge is 2.03. The van der Waals surface area contributed by atoms with Gasteiger partial charge in [0, 0.05) is 36.4 Å². The summed E-state index contributed by atoms with van der Waals surface area (Å²) in [5, 5.41) is 1.52. The second kappa shape index (κ2) is 3.83. The number of fused-ring (bicyclic) bond motifs is 1. The summed E-state index contributed by atoms with van der Waals surface area (Å²) in [6.07, 6.45) is 8.40. The Morgan fingerprint density at radius 3 is 2.53 bits per heavy atom. The summed E-state index contributed by atoms with van der Waals surface area (Å²) in [6.45, 7) is 0. The number of aromatic nitrogens is 3. The van der Waals surface area contributed by atoms with Crippen molar-refractivity contribution in [1.29, 1.82) is 0 Å². The second-order valence-electron chi connectivity index (χ2n) is 3.66. The van der Waals surface area contributed by atoms with Gasteiger partial charge in [0.05, 0.1) is 11.1 Å². The minimum Gasteiger partial charge on any atom is -0.284 e. The Bertz CT molecular complexity index is 719. The van der Waals surface area contributed by atoms with E-state index in [-0.39, 0.29) is 5.56 Å². The van der Waals surface area contributed by atoms with Crippen molar-refractivity contribution in [3.05, 3.63) is 65.6 Å². The van der Waals surface area contributed by atoms with E-state index in [2.05, 4.69) is 9.97 Å². The summed E-state index contributed by atoms with van der Waals surface area (Å²) in [7, 11) is 0. The monoisotopic (exact) mass is 223 g/mol. The summed E-state index contributed by atoms with van der Waals surface area (Å²) in [5.41, 5.74) is 0.764. The fraction of sp³-hybridized carbons (Fsp3) is 0. The van der Waals surface area contributed by atoms with Gasteiger partial charge in [-0.1, -0.05) is 0 Å². The van der Waals surface area contributed by atoms with Crippen LogP contribution in [0.4, 0.5) is 0 Å². The van der Waals surface area contributed by atoms with E-state index >= 15 is 0 Å².